The van der Waals surface area contributed by atoms with Crippen molar-refractivity contribution in [1.82, 2.24) is 4.90 Å². The summed E-state index contributed by atoms with van der Waals surface area (Å²) in [4.78, 5) is 116. The van der Waals surface area contributed by atoms with Crippen molar-refractivity contribution in [2.45, 2.75) is 371 Å². The molecule has 22 atom stereocenters. The van der Waals surface area contributed by atoms with Crippen molar-refractivity contribution >= 4 is 136 Å². The summed E-state index contributed by atoms with van der Waals surface area (Å²) in [5, 5.41) is 268. The van der Waals surface area contributed by atoms with Crippen LogP contribution < -0.4 is 5.73 Å². The summed E-state index contributed by atoms with van der Waals surface area (Å²) in [6.07, 6.45) is 7.50. The number of carbonyl (C=O) groups is 2. The highest BCUT2D eigenvalue weighted by Gasteiger charge is 2.40. The van der Waals surface area contributed by atoms with E-state index in [2.05, 4.69) is 118 Å². The Labute approximate surface area is 864 Å². The van der Waals surface area contributed by atoms with Crippen LogP contribution in [0.3, 0.4) is 0 Å². The molecule has 832 valence electrons. The molecule has 2 aliphatic rings. The third-order valence-electron chi connectivity index (χ3n) is 23.6. The van der Waals surface area contributed by atoms with Gasteiger partial charge >= 0.3 is 5.97 Å². The Morgan fingerprint density at radius 3 is 1.34 bits per heavy atom. The maximum Gasteiger partial charge on any atom is 0.331 e. The van der Waals surface area contributed by atoms with E-state index in [9.17, 15) is 132 Å². The van der Waals surface area contributed by atoms with Crippen molar-refractivity contribution in [1.29, 1.82) is 0 Å². The first-order valence-electron chi connectivity index (χ1n) is 49.7. The molecule has 0 aromatic carbocycles. The van der Waals surface area contributed by atoms with Crippen LogP contribution in [0.15, 0.2) is 152 Å². The third kappa shape index (κ3) is 42.1. The molecule has 0 bridgehead atoms. The van der Waals surface area contributed by atoms with Gasteiger partial charge in [0.2, 0.25) is 118 Å². The molecule has 0 spiro atoms. The van der Waals surface area contributed by atoms with Crippen molar-refractivity contribution in [3.63, 3.8) is 0 Å². The number of unbranched alkanes of at least 4 members (excludes halogenated alkanes) is 4. The van der Waals surface area contributed by atoms with Gasteiger partial charge in [-0.05, 0) is 144 Å². The summed E-state index contributed by atoms with van der Waals surface area (Å²) >= 11 is 0. The lowest BCUT2D eigenvalue weighted by atomic mass is 9.98. The molecule has 1 fully saturated rings. The van der Waals surface area contributed by atoms with Crippen molar-refractivity contribution in [3.05, 3.63) is 47.6 Å². The minimum absolute atomic E-state index is 0.101. The number of aliphatic hydroxyl groups excluding tert-OH is 24. The second kappa shape index (κ2) is 64.7. The number of cyclic esters (lactones) is 1. The number of hydrogen-bond acceptors (Lipinski definition) is 28. The van der Waals surface area contributed by atoms with Gasteiger partial charge in [0.1, 0.15) is 120 Å². The van der Waals surface area contributed by atoms with E-state index in [4.69, 9.17) is 10.5 Å². The molecule has 1 saturated heterocycles. The van der Waals surface area contributed by atoms with Crippen molar-refractivity contribution in [3.8, 4) is 0 Å². The van der Waals surface area contributed by atoms with Gasteiger partial charge < -0.3 is 138 Å². The second-order valence-corrected chi connectivity index (χ2v) is 37.4. The quantitative estimate of drug-likeness (QED) is 0.00884. The zero-order chi connectivity index (χ0) is 113. The summed E-state index contributed by atoms with van der Waals surface area (Å²) < 4.78 is 5.71. The standard InChI is InChI=1S/C98H163N23O27/c1-26-32-33-34-35-37-61(124)44-69(125)108-64(31-6)97(146)121-42-36-38-68(121)90(139)105-55(20)80(129)101-54(19)79(128)104-59(24)84(133)115-72(48(11)12)93(142)117-71(47(9)10)92(141)109-62(29-4)85(134)112-66(40-43-122)88(137)116-73(49(13)14)94(143)118-74(50(15)27-2)95(144)106-56(21)81(130)102-52(17)77(126)100-53(18)78(127)103-58(23)83(132)114-70(46(7)8)91(140)110-63(30-5)86(135)120-76-60(25)148-98(147)75(51(16)28-3)119-89(138)67(45-123)113-87(136)65(39-41-99)111-82(131)57(22)107-96(76)145/h29-31,46-55,57-61,65-68,70-76,122-124H,21,26-28,32-45,99H2,1-20,22-25H3,(H,100,126)(H,101,129)(H,102,130)(H,103,127)(H,104,128)(H,105,139)(H,106,144)(H,107,145)(H,108,125)(H,109,141)(H,110,140)(H,111,131)(H,112,134)(H,113,136)(H,114,132)(H,115,133)(H,116,137)(H,117,142)(H,118,143)(H,119,138)(H,120,135)/b62-29-,63-30-,64-31-/t50-,51+,52+,53+,54+,55+,57+,58+,59+,60+,61?,65+,66+,67+,68+,70+,71+,72+,73+,74+,75+,76+/m1/s1. The fraction of sp³-hybridized carbons (Fsp3) is 0.684. The Morgan fingerprint density at radius 1 is 0.466 bits per heavy atom. The van der Waals surface area contributed by atoms with Crippen molar-refractivity contribution in [2.75, 3.05) is 26.3 Å². The predicted molar refractivity (Wildman–Crippen MR) is 581 cm³/mol. The molecule has 0 aromatic heterocycles. The number of nitrogens with zero attached hydrogens (tertiary/aromatic N) is 22. The molecular weight excluding hydrogens is 1930 g/mol. The number of likely N-dealkylation sites (tertiary alicyclic amines) is 1. The molecular formula is C98H163N23O27. The number of ether oxygens (including phenoxy) is 1. The molecule has 50 nitrogen and oxygen atoms in total. The Hall–Kier alpha value is -13.4. The van der Waals surface area contributed by atoms with Crippen LogP contribution in [-0.4, -0.2) is 410 Å². The molecule has 0 saturated carbocycles. The van der Waals surface area contributed by atoms with Gasteiger partial charge in [0.25, 0.3) is 5.91 Å². The van der Waals surface area contributed by atoms with Crippen molar-refractivity contribution < 1.29 is 137 Å². The maximum atomic E-state index is 13.9. The van der Waals surface area contributed by atoms with Crippen LogP contribution in [0.2, 0.25) is 0 Å². The monoisotopic (exact) mass is 2090 g/mol. The number of amides is 1. The molecule has 0 aromatic rings. The minimum atomic E-state index is -1.82. The smallest absolute Gasteiger partial charge is 0.331 e. The lowest BCUT2D eigenvalue weighted by Crippen LogP contribution is -2.41. The first-order valence-corrected chi connectivity index (χ1v) is 49.7. The number of aliphatic hydroxyl groups is 24. The highest BCUT2D eigenvalue weighted by Crippen LogP contribution is 2.27. The fourth-order valence-corrected chi connectivity index (χ4v) is 14.0. The van der Waals surface area contributed by atoms with Gasteiger partial charge in [-0.1, -0.05) is 160 Å². The number of nitrogens with two attached hydrogens (primary N) is 1. The van der Waals surface area contributed by atoms with Gasteiger partial charge in [0.15, 0.2) is 24.0 Å². The Morgan fingerprint density at radius 2 is 0.892 bits per heavy atom. The maximum absolute atomic E-state index is 13.9. The SMILES string of the molecule is C=C(N=C(O)[C@@H](N=C(O)[C@@H](N=C(O)[C@H](CCO)N=C(O)/C(=C/C)N=C(O)[C@@H](N=C(O)[C@@H](N=C(O)[C@H](C)N=C(O)[C@H](C)N=C(O)[C@H](C)N=C(O)[C@@H]1CCCN1C(=O)/C(=C/C)N=C(O)CC(O)CCCCCCC)C(C)C)C(C)C)C(C)C)[C@H](C)CC)C(O)=N[C@@H](C)C(O)=N[C@@H](C)C(O)=N[C@@H](C)C(O)=N[C@H](C(O)=N/C(=C\C)C(O)=N[C@@H]1C(O)=N[C@@H](C)C(O)=N[C@@H](CCN)C(O)=N[C@@H](CO)C(O)=N[C@@H]([C@@H](C)CC)C(=O)O[C@H]1C)C(C)C. The van der Waals surface area contributed by atoms with E-state index in [1.807, 2.05) is 0 Å². The molecule has 50 heteroatoms. The lowest BCUT2D eigenvalue weighted by molar-refractivity contribution is -0.151. The molecule has 2 heterocycles. The number of allylic oxidation sites excluding steroid dienone is 3. The van der Waals surface area contributed by atoms with Gasteiger partial charge in [0.05, 0.1) is 12.7 Å². The minimum Gasteiger partial charge on any atom is -0.496 e. The molecule has 26 N–H and O–H groups in total. The van der Waals surface area contributed by atoms with E-state index in [1.54, 1.807) is 90.0 Å². The topological polar surface area (TPSA) is 818 Å². The van der Waals surface area contributed by atoms with Crippen LogP contribution in [0.5, 0.6) is 0 Å². The van der Waals surface area contributed by atoms with E-state index >= 15 is 0 Å². The highest BCUT2D eigenvalue weighted by molar-refractivity contribution is 6.03. The summed E-state index contributed by atoms with van der Waals surface area (Å²) in [7, 11) is 0. The van der Waals surface area contributed by atoms with E-state index in [-0.39, 0.29) is 31.6 Å². The van der Waals surface area contributed by atoms with Gasteiger partial charge in [-0.15, -0.1) is 0 Å². The zero-order valence-corrected chi connectivity index (χ0v) is 89.3. The van der Waals surface area contributed by atoms with Gasteiger partial charge in [-0.2, -0.15) is 0 Å². The molecule has 2 rings (SSSR count). The number of aliphatic imine (C=N–C) groups is 21. The molecule has 148 heavy (non-hydrogen) atoms. The number of rotatable bonds is 55. The predicted octanol–water partition coefficient (Wildman–Crippen LogP) is 13.2. The van der Waals surface area contributed by atoms with E-state index < -0.39 is 329 Å². The molecule has 0 radical (unpaired) electrons. The van der Waals surface area contributed by atoms with E-state index in [0.717, 1.165) is 32.1 Å². The molecule has 1 unspecified atom stereocenters. The Kier molecular flexibility index (Phi) is 57.1. The number of hydrogen-bond donors (Lipinski definition) is 25. The van der Waals surface area contributed by atoms with Crippen LogP contribution in [0.1, 0.15) is 250 Å². The number of esters is 1. The van der Waals surface area contributed by atoms with Crippen LogP contribution >= 0.6 is 0 Å². The highest BCUT2D eigenvalue weighted by atomic mass is 16.5. The normalized spacial score (nSPS) is 23.1. The summed E-state index contributed by atoms with van der Waals surface area (Å²) in [6.45, 7) is 38.7. The zero-order valence-electron chi connectivity index (χ0n) is 89.3. The first kappa shape index (κ1) is 131. The Bertz CT molecular complexity index is 5130. The van der Waals surface area contributed by atoms with Crippen LogP contribution in [0.4, 0.5) is 0 Å². The second-order valence-electron chi connectivity index (χ2n) is 37.4. The fourth-order valence-electron chi connectivity index (χ4n) is 14.0. The summed E-state index contributed by atoms with van der Waals surface area (Å²) in [5.41, 5.74) is 4.18. The molecule has 1 amide bonds. The summed E-state index contributed by atoms with van der Waals surface area (Å²) in [5.74, 6) is -21.9. The largest absolute Gasteiger partial charge is 0.496 e. The van der Waals surface area contributed by atoms with Crippen LogP contribution in [0.25, 0.3) is 0 Å². The van der Waals surface area contributed by atoms with Crippen LogP contribution in [-0.2, 0) is 14.3 Å². The third-order valence-corrected chi connectivity index (χ3v) is 23.6. The van der Waals surface area contributed by atoms with E-state index in [0.29, 0.717) is 32.1 Å². The molecule has 2 aliphatic heterocycles. The average molecular weight is 2100 g/mol. The van der Waals surface area contributed by atoms with Gasteiger partial charge in [0, 0.05) is 26.0 Å². The lowest BCUT2D eigenvalue weighted by Gasteiger charge is -2.25. The van der Waals surface area contributed by atoms with Gasteiger partial charge in [-0.25, -0.2) is 110 Å². The summed E-state index contributed by atoms with van der Waals surface area (Å²) in [6, 6.07) is -25.1. The first-order chi connectivity index (χ1) is 69.3. The van der Waals surface area contributed by atoms with Crippen LogP contribution in [0, 0.1) is 35.5 Å². The Balaban J connectivity index is 2.49. The average Bonchev–Trinajstić information content (AvgIpc) is 1.74. The number of carbonyl (C=O) groups excluding carboxylic acids is 2. The molecule has 0 aliphatic carbocycles. The van der Waals surface area contributed by atoms with E-state index in [1.165, 1.54) is 92.4 Å². The van der Waals surface area contributed by atoms with Crippen molar-refractivity contribution in [2.24, 2.45) is 146 Å². The van der Waals surface area contributed by atoms with Gasteiger partial charge in [-0.3, -0.25) is 4.79 Å².